The second-order valence-electron chi connectivity index (χ2n) is 9.35. The Labute approximate surface area is 187 Å². The maximum absolute atomic E-state index is 13.6. The molecule has 3 fully saturated rings. The molecule has 4 aliphatic rings. The number of aryl methyl sites for hydroxylation is 1. The predicted molar refractivity (Wildman–Crippen MR) is 116 cm³/mol. The van der Waals surface area contributed by atoms with E-state index in [0.717, 1.165) is 43.4 Å². The van der Waals surface area contributed by atoms with Crippen LogP contribution in [-0.4, -0.2) is 59.7 Å². The number of hydrogen-bond donors (Lipinski definition) is 2. The Bertz CT molecular complexity index is 955. The smallest absolute Gasteiger partial charge is 0.251 e. The molecule has 5 rings (SSSR count). The second kappa shape index (κ2) is 8.65. The minimum atomic E-state index is -0.648. The van der Waals surface area contributed by atoms with Gasteiger partial charge in [0.2, 0.25) is 11.8 Å². The Morgan fingerprint density at radius 1 is 1.09 bits per heavy atom. The maximum Gasteiger partial charge on any atom is 0.251 e. The zero-order chi connectivity index (χ0) is 22.2. The van der Waals surface area contributed by atoms with Crippen molar-refractivity contribution >= 4 is 29.2 Å². The molecule has 170 valence electrons. The fraction of sp³-hybridized carbons (Fsp3) is 0.583. The number of benzene rings is 1. The first-order valence-electron chi connectivity index (χ1n) is 11.7. The molecule has 8 heteroatoms. The summed E-state index contributed by atoms with van der Waals surface area (Å²) < 4.78 is 5.54. The largest absolute Gasteiger partial charge is 0.368 e. The number of likely N-dealkylation sites (tertiary alicyclic amines) is 1. The summed E-state index contributed by atoms with van der Waals surface area (Å²) in [7, 11) is 0. The van der Waals surface area contributed by atoms with E-state index < -0.39 is 12.1 Å². The lowest BCUT2D eigenvalue weighted by molar-refractivity contribution is -0.139. The molecule has 1 aromatic rings. The van der Waals surface area contributed by atoms with Gasteiger partial charge in [-0.05, 0) is 55.4 Å². The van der Waals surface area contributed by atoms with Crippen molar-refractivity contribution in [3.05, 3.63) is 29.3 Å². The fourth-order valence-corrected chi connectivity index (χ4v) is 5.62. The summed E-state index contributed by atoms with van der Waals surface area (Å²) in [6.07, 6.45) is 6.42. The van der Waals surface area contributed by atoms with Gasteiger partial charge in [0.15, 0.2) is 5.78 Å². The van der Waals surface area contributed by atoms with Gasteiger partial charge in [-0.25, -0.2) is 0 Å². The number of carbonyl (C=O) groups excluding carboxylic acids is 4. The highest BCUT2D eigenvalue weighted by atomic mass is 16.5. The quantitative estimate of drug-likeness (QED) is 0.745. The minimum Gasteiger partial charge on any atom is -0.368 e. The van der Waals surface area contributed by atoms with Crippen LogP contribution in [0.2, 0.25) is 0 Å². The van der Waals surface area contributed by atoms with Crippen LogP contribution in [0.1, 0.15) is 60.9 Å². The van der Waals surface area contributed by atoms with Gasteiger partial charge in [-0.15, -0.1) is 0 Å². The average molecular weight is 440 g/mol. The van der Waals surface area contributed by atoms with Crippen LogP contribution >= 0.6 is 0 Å². The lowest BCUT2D eigenvalue weighted by atomic mass is 9.83. The number of nitrogens with zero attached hydrogens (tertiary/aromatic N) is 1. The molecular weight excluding hydrogens is 410 g/mol. The van der Waals surface area contributed by atoms with Gasteiger partial charge in [-0.2, -0.15) is 0 Å². The standard InChI is InChI=1S/C24H29N3O5/c28-18-13-32-19-10-11-27(22(18)19)24(31)21(14-4-2-1-3-5-14)26-23(30)16-6-8-17-15(12-16)7-9-20(29)25-17/h6,8,12,14,19,21-22H,1-5,7,9-11,13H2,(H,25,29)(H,26,30)/t19-,21+,22-/m1/s1. The van der Waals surface area contributed by atoms with Crippen molar-refractivity contribution in [3.8, 4) is 0 Å². The highest BCUT2D eigenvalue weighted by Gasteiger charge is 2.49. The van der Waals surface area contributed by atoms with Gasteiger partial charge in [0.1, 0.15) is 18.7 Å². The van der Waals surface area contributed by atoms with Crippen molar-refractivity contribution < 1.29 is 23.9 Å². The molecule has 0 aromatic heterocycles. The third-order valence-electron chi connectivity index (χ3n) is 7.33. The predicted octanol–water partition coefficient (Wildman–Crippen LogP) is 1.82. The van der Waals surface area contributed by atoms with Crippen LogP contribution in [0.3, 0.4) is 0 Å². The van der Waals surface area contributed by atoms with Crippen LogP contribution in [0.15, 0.2) is 18.2 Å². The van der Waals surface area contributed by atoms with Crippen LogP contribution < -0.4 is 10.6 Å². The topological polar surface area (TPSA) is 105 Å². The van der Waals surface area contributed by atoms with Crippen molar-refractivity contribution in [1.82, 2.24) is 10.2 Å². The van der Waals surface area contributed by atoms with E-state index in [2.05, 4.69) is 10.6 Å². The number of nitrogens with one attached hydrogen (secondary N) is 2. The first-order valence-corrected chi connectivity index (χ1v) is 11.7. The highest BCUT2D eigenvalue weighted by Crippen LogP contribution is 2.32. The number of fused-ring (bicyclic) bond motifs is 2. The van der Waals surface area contributed by atoms with Gasteiger partial charge in [-0.1, -0.05) is 19.3 Å². The maximum atomic E-state index is 13.6. The van der Waals surface area contributed by atoms with Crippen molar-refractivity contribution in [2.24, 2.45) is 5.92 Å². The number of rotatable bonds is 4. The summed E-state index contributed by atoms with van der Waals surface area (Å²) in [5.41, 5.74) is 2.14. The van der Waals surface area contributed by atoms with Crippen LogP contribution in [-0.2, 0) is 25.5 Å². The van der Waals surface area contributed by atoms with Gasteiger partial charge in [0.25, 0.3) is 5.91 Å². The second-order valence-corrected chi connectivity index (χ2v) is 9.35. The third kappa shape index (κ3) is 3.92. The Morgan fingerprint density at radius 3 is 2.72 bits per heavy atom. The van der Waals surface area contributed by atoms with Gasteiger partial charge in [0, 0.05) is 24.2 Å². The Hall–Kier alpha value is -2.74. The summed E-state index contributed by atoms with van der Waals surface area (Å²) in [5.74, 6) is -0.466. The van der Waals surface area contributed by atoms with Crippen LogP contribution in [0.25, 0.3) is 0 Å². The van der Waals surface area contributed by atoms with Gasteiger partial charge in [0.05, 0.1) is 6.10 Å². The molecule has 0 radical (unpaired) electrons. The van der Waals surface area contributed by atoms with Crippen molar-refractivity contribution in [3.63, 3.8) is 0 Å². The Kier molecular flexibility index (Phi) is 5.71. The molecule has 1 aromatic carbocycles. The third-order valence-corrected chi connectivity index (χ3v) is 7.33. The van der Waals surface area contributed by atoms with Crippen LogP contribution in [0, 0.1) is 5.92 Å². The normalized spacial score (nSPS) is 26.3. The van der Waals surface area contributed by atoms with Gasteiger partial charge < -0.3 is 20.3 Å². The fourth-order valence-electron chi connectivity index (χ4n) is 5.62. The molecule has 0 unspecified atom stereocenters. The SMILES string of the molecule is O=C1CCc2cc(C(=O)N[C@H](C(=O)N3CC[C@H]4OCC(=O)[C@H]43)C3CCCCC3)ccc2N1. The van der Waals surface area contributed by atoms with Crippen LogP contribution in [0.4, 0.5) is 5.69 Å². The highest BCUT2D eigenvalue weighted by molar-refractivity contribution is 6.01. The molecule has 0 spiro atoms. The van der Waals surface area contributed by atoms with E-state index in [1.807, 2.05) is 0 Å². The number of ether oxygens (including phenoxy) is 1. The molecule has 0 bridgehead atoms. The molecular formula is C24H29N3O5. The molecule has 3 heterocycles. The van der Waals surface area contributed by atoms with E-state index in [4.69, 9.17) is 4.74 Å². The molecule has 3 aliphatic heterocycles. The van der Waals surface area contributed by atoms with E-state index in [1.54, 1.807) is 23.1 Å². The zero-order valence-corrected chi connectivity index (χ0v) is 18.1. The van der Waals surface area contributed by atoms with E-state index in [0.29, 0.717) is 31.4 Å². The van der Waals surface area contributed by atoms with E-state index in [9.17, 15) is 19.2 Å². The Balaban J connectivity index is 1.36. The number of anilines is 1. The molecule has 8 nitrogen and oxygen atoms in total. The van der Waals surface area contributed by atoms with Crippen molar-refractivity contribution in [2.75, 3.05) is 18.5 Å². The summed E-state index contributed by atoms with van der Waals surface area (Å²) in [4.78, 5) is 52.4. The first-order chi connectivity index (χ1) is 15.5. The summed E-state index contributed by atoms with van der Waals surface area (Å²) in [5, 5.41) is 5.84. The Morgan fingerprint density at radius 2 is 1.91 bits per heavy atom. The van der Waals surface area contributed by atoms with Gasteiger partial charge in [-0.3, -0.25) is 19.2 Å². The van der Waals surface area contributed by atoms with Crippen molar-refractivity contribution in [1.29, 1.82) is 0 Å². The minimum absolute atomic E-state index is 0.0213. The zero-order valence-electron chi connectivity index (χ0n) is 18.1. The number of amides is 3. The number of ketones is 1. The summed E-state index contributed by atoms with van der Waals surface area (Å²) in [6, 6.07) is 4.07. The molecule has 1 saturated carbocycles. The van der Waals surface area contributed by atoms with Crippen molar-refractivity contribution in [2.45, 2.75) is 69.6 Å². The average Bonchev–Trinajstić information content (AvgIpc) is 3.40. The first kappa shape index (κ1) is 21.1. The summed E-state index contributed by atoms with van der Waals surface area (Å²) >= 11 is 0. The molecule has 1 aliphatic carbocycles. The molecule has 2 saturated heterocycles. The molecule has 3 amide bonds. The van der Waals surface area contributed by atoms with Crippen LogP contribution in [0.5, 0.6) is 0 Å². The lowest BCUT2D eigenvalue weighted by Gasteiger charge is -2.34. The number of Topliss-reactive ketones (excluding diaryl/α,β-unsaturated/α-hetero) is 1. The molecule has 3 atom stereocenters. The number of hydrogen-bond acceptors (Lipinski definition) is 5. The monoisotopic (exact) mass is 439 g/mol. The van der Waals surface area contributed by atoms with E-state index in [1.165, 1.54) is 0 Å². The molecule has 2 N–H and O–H groups in total. The van der Waals surface area contributed by atoms with E-state index >= 15 is 0 Å². The van der Waals surface area contributed by atoms with E-state index in [-0.39, 0.29) is 42.1 Å². The van der Waals surface area contributed by atoms with Gasteiger partial charge >= 0.3 is 0 Å². The molecule has 32 heavy (non-hydrogen) atoms. The number of carbonyl (C=O) groups is 4. The lowest BCUT2D eigenvalue weighted by Crippen LogP contribution is -2.55. The summed E-state index contributed by atoms with van der Waals surface area (Å²) in [6.45, 7) is 0.544.